The lowest BCUT2D eigenvalue weighted by Gasteiger charge is -2.22. The monoisotopic (exact) mass is 288 g/mol. The zero-order valence-corrected chi connectivity index (χ0v) is 11.9. The van der Waals surface area contributed by atoms with Crippen molar-refractivity contribution in [3.8, 4) is 23.6 Å². The van der Waals surface area contributed by atoms with Crippen LogP contribution in [0.3, 0.4) is 0 Å². The van der Waals surface area contributed by atoms with E-state index in [2.05, 4.69) is 21.8 Å². The maximum absolute atomic E-state index is 5.92. The van der Waals surface area contributed by atoms with Gasteiger partial charge in [0.25, 0.3) is 0 Å². The molecule has 0 aliphatic rings. The standard InChI is InChI=1S/C12H14Cl2N2O2/c1-4-5-6-17-10-7-11(16-8-15-10)18-9(2)12(3,13)14/h7-9H,6H2,1-3H3. The second kappa shape index (κ2) is 6.67. The summed E-state index contributed by atoms with van der Waals surface area (Å²) in [4.78, 5) is 7.89. The van der Waals surface area contributed by atoms with Gasteiger partial charge in [0, 0.05) is 0 Å². The third kappa shape index (κ3) is 4.99. The number of hydrogen-bond acceptors (Lipinski definition) is 4. The summed E-state index contributed by atoms with van der Waals surface area (Å²) in [6.45, 7) is 5.41. The molecule has 0 aliphatic heterocycles. The molecule has 0 spiro atoms. The maximum atomic E-state index is 5.92. The van der Waals surface area contributed by atoms with Crippen LogP contribution < -0.4 is 9.47 Å². The molecule has 1 aromatic rings. The van der Waals surface area contributed by atoms with Crippen molar-refractivity contribution >= 4 is 23.2 Å². The Labute approximate surface area is 117 Å². The van der Waals surface area contributed by atoms with E-state index in [4.69, 9.17) is 32.7 Å². The summed E-state index contributed by atoms with van der Waals surface area (Å²) in [7, 11) is 0. The summed E-state index contributed by atoms with van der Waals surface area (Å²) in [5.74, 6) is 6.23. The Morgan fingerprint density at radius 3 is 2.67 bits per heavy atom. The van der Waals surface area contributed by atoms with Gasteiger partial charge in [-0.15, -0.1) is 5.92 Å². The van der Waals surface area contributed by atoms with Crippen LogP contribution in [0.4, 0.5) is 0 Å². The van der Waals surface area contributed by atoms with Crippen LogP contribution in [0.5, 0.6) is 11.8 Å². The molecule has 0 saturated heterocycles. The van der Waals surface area contributed by atoms with E-state index < -0.39 is 10.4 Å². The Bertz CT molecular complexity index is 449. The summed E-state index contributed by atoms with van der Waals surface area (Å²) in [6, 6.07) is 1.56. The van der Waals surface area contributed by atoms with Gasteiger partial charge in [0.2, 0.25) is 11.8 Å². The molecule has 4 nitrogen and oxygen atoms in total. The molecule has 0 radical (unpaired) electrons. The molecule has 98 valence electrons. The smallest absolute Gasteiger partial charge is 0.221 e. The number of nitrogens with zero attached hydrogens (tertiary/aromatic N) is 2. The van der Waals surface area contributed by atoms with Gasteiger partial charge in [-0.2, -0.15) is 0 Å². The summed E-state index contributed by atoms with van der Waals surface area (Å²) in [6.07, 6.45) is 0.926. The van der Waals surface area contributed by atoms with E-state index in [1.807, 2.05) is 0 Å². The van der Waals surface area contributed by atoms with E-state index >= 15 is 0 Å². The summed E-state index contributed by atoms with van der Waals surface area (Å²) in [5.41, 5.74) is 0. The maximum Gasteiger partial charge on any atom is 0.221 e. The van der Waals surface area contributed by atoms with Gasteiger partial charge in [0.15, 0.2) is 10.9 Å². The lowest BCUT2D eigenvalue weighted by molar-refractivity contribution is 0.197. The first kappa shape index (κ1) is 14.9. The van der Waals surface area contributed by atoms with Crippen molar-refractivity contribution in [1.82, 2.24) is 9.97 Å². The third-order valence-corrected chi connectivity index (χ3v) is 2.71. The van der Waals surface area contributed by atoms with Crippen molar-refractivity contribution in [1.29, 1.82) is 0 Å². The van der Waals surface area contributed by atoms with Crippen molar-refractivity contribution in [2.75, 3.05) is 6.61 Å². The van der Waals surface area contributed by atoms with E-state index in [-0.39, 0.29) is 6.61 Å². The Morgan fingerprint density at radius 1 is 1.39 bits per heavy atom. The number of ether oxygens (including phenoxy) is 2. The fraction of sp³-hybridized carbons (Fsp3) is 0.500. The lowest BCUT2D eigenvalue weighted by Crippen LogP contribution is -2.30. The average molecular weight is 289 g/mol. The predicted octanol–water partition coefficient (Wildman–Crippen LogP) is 2.84. The van der Waals surface area contributed by atoms with Crippen molar-refractivity contribution in [2.24, 2.45) is 0 Å². The van der Waals surface area contributed by atoms with Crippen LogP contribution in [0.15, 0.2) is 12.4 Å². The largest absolute Gasteiger partial charge is 0.471 e. The molecule has 0 amide bonds. The van der Waals surface area contributed by atoms with Gasteiger partial charge in [-0.25, -0.2) is 9.97 Å². The fourth-order valence-electron chi connectivity index (χ4n) is 0.933. The molecule has 1 aromatic heterocycles. The van der Waals surface area contributed by atoms with Crippen molar-refractivity contribution in [3.05, 3.63) is 12.4 Å². The lowest BCUT2D eigenvalue weighted by atomic mass is 10.3. The van der Waals surface area contributed by atoms with E-state index in [0.29, 0.717) is 11.8 Å². The second-order valence-corrected chi connectivity index (χ2v) is 5.39. The number of halogens is 2. The highest BCUT2D eigenvalue weighted by Crippen LogP contribution is 2.27. The first-order chi connectivity index (χ1) is 8.43. The van der Waals surface area contributed by atoms with Crippen LogP contribution in [-0.4, -0.2) is 27.0 Å². The molecule has 0 bridgehead atoms. The molecule has 0 fully saturated rings. The second-order valence-electron chi connectivity index (χ2n) is 3.63. The summed E-state index contributed by atoms with van der Waals surface area (Å²) in [5, 5.41) is 0. The molecule has 0 saturated carbocycles. The van der Waals surface area contributed by atoms with Crippen molar-refractivity contribution < 1.29 is 9.47 Å². The highest BCUT2D eigenvalue weighted by atomic mass is 35.5. The quantitative estimate of drug-likeness (QED) is 0.617. The van der Waals surface area contributed by atoms with E-state index in [9.17, 15) is 0 Å². The normalized spacial score (nSPS) is 12.3. The minimum absolute atomic E-state index is 0.269. The minimum Gasteiger partial charge on any atom is -0.471 e. The molecule has 1 heterocycles. The van der Waals surface area contributed by atoms with Crippen LogP contribution >= 0.6 is 23.2 Å². The molecule has 0 aliphatic carbocycles. The van der Waals surface area contributed by atoms with Crippen molar-refractivity contribution in [2.45, 2.75) is 31.2 Å². The van der Waals surface area contributed by atoms with Crippen molar-refractivity contribution in [3.63, 3.8) is 0 Å². The fourth-order valence-corrected chi connectivity index (χ4v) is 1.02. The van der Waals surface area contributed by atoms with Gasteiger partial charge >= 0.3 is 0 Å². The van der Waals surface area contributed by atoms with Gasteiger partial charge in [-0.1, -0.05) is 29.1 Å². The van der Waals surface area contributed by atoms with Crippen LogP contribution in [0, 0.1) is 11.8 Å². The number of rotatable bonds is 5. The molecular weight excluding hydrogens is 275 g/mol. The zero-order valence-electron chi connectivity index (χ0n) is 10.4. The Morgan fingerprint density at radius 2 is 2.06 bits per heavy atom. The predicted molar refractivity (Wildman–Crippen MR) is 71.2 cm³/mol. The molecule has 1 unspecified atom stereocenters. The molecular formula is C12H14Cl2N2O2. The summed E-state index contributed by atoms with van der Waals surface area (Å²) >= 11 is 11.8. The van der Waals surface area contributed by atoms with Gasteiger partial charge in [0.1, 0.15) is 12.4 Å². The Hall–Kier alpha value is -1.18. The third-order valence-electron chi connectivity index (χ3n) is 2.10. The zero-order chi connectivity index (χ0) is 13.6. The number of hydrogen-bond donors (Lipinski definition) is 0. The first-order valence-corrected chi connectivity index (χ1v) is 6.08. The Balaban J connectivity index is 2.66. The van der Waals surface area contributed by atoms with E-state index in [0.717, 1.165) is 0 Å². The van der Waals surface area contributed by atoms with Crippen LogP contribution in [0.25, 0.3) is 0 Å². The van der Waals surface area contributed by atoms with Gasteiger partial charge in [-0.05, 0) is 20.8 Å². The molecule has 6 heteroatoms. The molecule has 0 N–H and O–H groups in total. The number of alkyl halides is 2. The molecule has 18 heavy (non-hydrogen) atoms. The molecule has 0 aromatic carbocycles. The van der Waals surface area contributed by atoms with Crippen LogP contribution in [0.2, 0.25) is 0 Å². The first-order valence-electron chi connectivity index (χ1n) is 5.32. The molecule has 1 atom stereocenters. The van der Waals surface area contributed by atoms with Gasteiger partial charge < -0.3 is 9.47 Å². The Kier molecular flexibility index (Phi) is 5.52. The average Bonchev–Trinajstić information content (AvgIpc) is 2.28. The highest BCUT2D eigenvalue weighted by molar-refractivity contribution is 6.48. The van der Waals surface area contributed by atoms with Gasteiger partial charge in [-0.3, -0.25) is 0 Å². The minimum atomic E-state index is -1.00. The topological polar surface area (TPSA) is 44.2 Å². The molecule has 1 rings (SSSR count). The number of aromatic nitrogens is 2. The van der Waals surface area contributed by atoms with E-state index in [1.54, 1.807) is 26.8 Å². The highest BCUT2D eigenvalue weighted by Gasteiger charge is 2.27. The SMILES string of the molecule is CC#CCOc1cc(OC(C)C(C)(Cl)Cl)ncn1. The van der Waals surface area contributed by atoms with Gasteiger partial charge in [0.05, 0.1) is 6.07 Å². The summed E-state index contributed by atoms with van der Waals surface area (Å²) < 4.78 is 9.78. The van der Waals surface area contributed by atoms with Crippen LogP contribution in [-0.2, 0) is 0 Å². The van der Waals surface area contributed by atoms with Crippen LogP contribution in [0.1, 0.15) is 20.8 Å². The van der Waals surface area contributed by atoms with E-state index in [1.165, 1.54) is 6.33 Å².